The predicted octanol–water partition coefficient (Wildman–Crippen LogP) is 1.73. The van der Waals surface area contributed by atoms with Gasteiger partial charge in [0.2, 0.25) is 0 Å². The zero-order valence-electron chi connectivity index (χ0n) is 11.4. The van der Waals surface area contributed by atoms with E-state index in [-0.39, 0.29) is 5.56 Å². The Bertz CT molecular complexity index is 474. The molecule has 0 bridgehead atoms. The topological polar surface area (TPSA) is 61.0 Å². The molecule has 1 aromatic rings. The van der Waals surface area contributed by atoms with Crippen LogP contribution in [-0.2, 0) is 0 Å². The van der Waals surface area contributed by atoms with Crippen LogP contribution in [0.15, 0.2) is 11.1 Å². The standard InChI is InChI=1S/C13H21IN4O/c1-9(2)15-7-10-5-3-4-6-18(10)12-11(14)13(19)17-8-16-12/h8-10,15H,3-7H2,1-2H3,(H,16,17,19). The van der Waals surface area contributed by atoms with Gasteiger partial charge < -0.3 is 15.2 Å². The van der Waals surface area contributed by atoms with E-state index in [0.717, 1.165) is 25.3 Å². The quantitative estimate of drug-likeness (QED) is 0.786. The Morgan fingerprint density at radius 3 is 3.11 bits per heavy atom. The smallest absolute Gasteiger partial charge is 0.266 e. The summed E-state index contributed by atoms with van der Waals surface area (Å²) in [4.78, 5) is 21.0. The average Bonchev–Trinajstić information content (AvgIpc) is 2.40. The maximum atomic E-state index is 11.7. The molecule has 6 heteroatoms. The highest BCUT2D eigenvalue weighted by Crippen LogP contribution is 2.24. The van der Waals surface area contributed by atoms with Crippen LogP contribution in [0, 0.1) is 3.57 Å². The first-order valence-electron chi connectivity index (χ1n) is 6.83. The van der Waals surface area contributed by atoms with Crippen LogP contribution in [-0.4, -0.2) is 35.1 Å². The SMILES string of the molecule is CC(C)NCC1CCCCN1c1nc[nH]c(=O)c1I. The van der Waals surface area contributed by atoms with E-state index in [9.17, 15) is 4.79 Å². The summed E-state index contributed by atoms with van der Waals surface area (Å²) < 4.78 is 0.691. The zero-order valence-corrected chi connectivity index (χ0v) is 13.6. The third-order valence-corrected chi connectivity index (χ3v) is 4.41. The molecule has 1 aliphatic rings. The molecule has 0 radical (unpaired) electrons. The van der Waals surface area contributed by atoms with Crippen LogP contribution in [0.3, 0.4) is 0 Å². The molecule has 2 N–H and O–H groups in total. The minimum Gasteiger partial charge on any atom is -0.351 e. The second-order valence-electron chi connectivity index (χ2n) is 5.28. The number of aromatic amines is 1. The Kier molecular flexibility index (Phi) is 5.20. The van der Waals surface area contributed by atoms with Crippen molar-refractivity contribution in [1.29, 1.82) is 0 Å². The van der Waals surface area contributed by atoms with Gasteiger partial charge in [-0.25, -0.2) is 4.98 Å². The molecule has 1 saturated heterocycles. The van der Waals surface area contributed by atoms with Crippen molar-refractivity contribution in [3.05, 3.63) is 20.3 Å². The highest BCUT2D eigenvalue weighted by molar-refractivity contribution is 14.1. The first kappa shape index (κ1) is 14.8. The fourth-order valence-corrected chi connectivity index (χ4v) is 3.04. The van der Waals surface area contributed by atoms with Gasteiger partial charge in [0.15, 0.2) is 0 Å². The molecule has 1 aliphatic heterocycles. The number of aromatic nitrogens is 2. The summed E-state index contributed by atoms with van der Waals surface area (Å²) in [5.74, 6) is 0.833. The molecule has 1 aromatic heterocycles. The maximum absolute atomic E-state index is 11.7. The molecule has 2 rings (SSSR count). The number of hydrogen-bond acceptors (Lipinski definition) is 4. The first-order valence-corrected chi connectivity index (χ1v) is 7.90. The molecule has 0 amide bonds. The van der Waals surface area contributed by atoms with Crippen molar-refractivity contribution in [3.8, 4) is 0 Å². The van der Waals surface area contributed by atoms with Crippen LogP contribution in [0.4, 0.5) is 5.82 Å². The van der Waals surface area contributed by atoms with Crippen molar-refractivity contribution >= 4 is 28.4 Å². The van der Waals surface area contributed by atoms with Crippen LogP contribution in [0.5, 0.6) is 0 Å². The van der Waals surface area contributed by atoms with Crippen molar-refractivity contribution in [1.82, 2.24) is 15.3 Å². The van der Waals surface area contributed by atoms with Crippen molar-refractivity contribution in [2.24, 2.45) is 0 Å². The number of piperidine rings is 1. The largest absolute Gasteiger partial charge is 0.351 e. The van der Waals surface area contributed by atoms with Gasteiger partial charge in [-0.05, 0) is 41.9 Å². The summed E-state index contributed by atoms with van der Waals surface area (Å²) in [5, 5.41) is 3.49. The summed E-state index contributed by atoms with van der Waals surface area (Å²) in [7, 11) is 0. The lowest BCUT2D eigenvalue weighted by Crippen LogP contribution is -2.48. The van der Waals surface area contributed by atoms with E-state index in [1.54, 1.807) is 0 Å². The number of nitrogens with zero attached hydrogens (tertiary/aromatic N) is 2. The third kappa shape index (κ3) is 3.68. The fourth-order valence-electron chi connectivity index (χ4n) is 2.44. The van der Waals surface area contributed by atoms with Crippen LogP contribution in [0.25, 0.3) is 0 Å². The second kappa shape index (κ2) is 6.69. The summed E-state index contributed by atoms with van der Waals surface area (Å²) in [6.07, 6.45) is 5.08. The minimum atomic E-state index is -0.0493. The zero-order chi connectivity index (χ0) is 13.8. The molecule has 5 nitrogen and oxygen atoms in total. The maximum Gasteiger partial charge on any atom is 0.266 e. The van der Waals surface area contributed by atoms with E-state index in [0.29, 0.717) is 15.7 Å². The van der Waals surface area contributed by atoms with Gasteiger partial charge in [0, 0.05) is 25.2 Å². The average molecular weight is 376 g/mol. The highest BCUT2D eigenvalue weighted by Gasteiger charge is 2.25. The van der Waals surface area contributed by atoms with E-state index in [1.165, 1.54) is 19.2 Å². The Morgan fingerprint density at radius 2 is 2.37 bits per heavy atom. The fraction of sp³-hybridized carbons (Fsp3) is 0.692. The van der Waals surface area contributed by atoms with Gasteiger partial charge in [0.25, 0.3) is 5.56 Å². The molecule has 0 spiro atoms. The van der Waals surface area contributed by atoms with E-state index < -0.39 is 0 Å². The summed E-state index contributed by atoms with van der Waals surface area (Å²) in [5.41, 5.74) is -0.0493. The second-order valence-corrected chi connectivity index (χ2v) is 6.35. The van der Waals surface area contributed by atoms with Gasteiger partial charge in [-0.2, -0.15) is 0 Å². The highest BCUT2D eigenvalue weighted by atomic mass is 127. The predicted molar refractivity (Wildman–Crippen MR) is 85.7 cm³/mol. The van der Waals surface area contributed by atoms with Crippen molar-refractivity contribution in [3.63, 3.8) is 0 Å². The molecule has 1 unspecified atom stereocenters. The van der Waals surface area contributed by atoms with Crippen molar-refractivity contribution in [2.45, 2.75) is 45.2 Å². The molecule has 1 fully saturated rings. The molecule has 2 heterocycles. The lowest BCUT2D eigenvalue weighted by molar-refractivity contribution is 0.418. The van der Waals surface area contributed by atoms with Gasteiger partial charge in [0.1, 0.15) is 9.39 Å². The number of nitrogens with one attached hydrogen (secondary N) is 2. The number of halogens is 1. The van der Waals surface area contributed by atoms with Crippen LogP contribution in [0.2, 0.25) is 0 Å². The monoisotopic (exact) mass is 376 g/mol. The lowest BCUT2D eigenvalue weighted by Gasteiger charge is -2.37. The number of hydrogen-bond donors (Lipinski definition) is 2. The minimum absolute atomic E-state index is 0.0493. The Labute approximate surface area is 127 Å². The van der Waals surface area contributed by atoms with Crippen molar-refractivity contribution in [2.75, 3.05) is 18.0 Å². The van der Waals surface area contributed by atoms with Gasteiger partial charge >= 0.3 is 0 Å². The molecular formula is C13H21IN4O. The third-order valence-electron chi connectivity index (χ3n) is 3.44. The van der Waals surface area contributed by atoms with E-state index in [4.69, 9.17) is 0 Å². The van der Waals surface area contributed by atoms with Gasteiger partial charge in [-0.3, -0.25) is 4.79 Å². The number of H-pyrrole nitrogens is 1. The van der Waals surface area contributed by atoms with E-state index >= 15 is 0 Å². The Morgan fingerprint density at radius 1 is 1.58 bits per heavy atom. The van der Waals surface area contributed by atoms with E-state index in [2.05, 4.69) is 56.6 Å². The normalized spacial score (nSPS) is 20.0. The van der Waals surface area contributed by atoms with E-state index in [1.807, 2.05) is 0 Å². The molecular weight excluding hydrogens is 355 g/mol. The number of anilines is 1. The van der Waals surface area contributed by atoms with Crippen molar-refractivity contribution < 1.29 is 0 Å². The molecule has 106 valence electrons. The van der Waals surface area contributed by atoms with Gasteiger partial charge in [-0.15, -0.1) is 0 Å². The Hall–Kier alpha value is -0.630. The van der Waals surface area contributed by atoms with Gasteiger partial charge in [-0.1, -0.05) is 13.8 Å². The van der Waals surface area contributed by atoms with Crippen LogP contribution >= 0.6 is 22.6 Å². The molecule has 1 atom stereocenters. The molecule has 0 saturated carbocycles. The lowest BCUT2D eigenvalue weighted by atomic mass is 10.0. The Balaban J connectivity index is 2.19. The first-order chi connectivity index (χ1) is 9.09. The summed E-state index contributed by atoms with van der Waals surface area (Å²) in [6, 6.07) is 0.911. The summed E-state index contributed by atoms with van der Waals surface area (Å²) >= 11 is 2.09. The van der Waals surface area contributed by atoms with Crippen LogP contribution in [0.1, 0.15) is 33.1 Å². The molecule has 0 aromatic carbocycles. The molecule has 19 heavy (non-hydrogen) atoms. The van der Waals surface area contributed by atoms with Crippen LogP contribution < -0.4 is 15.8 Å². The summed E-state index contributed by atoms with van der Waals surface area (Å²) in [6.45, 7) is 6.24. The number of rotatable bonds is 4. The van der Waals surface area contributed by atoms with Gasteiger partial charge in [0.05, 0.1) is 6.33 Å². The molecule has 0 aliphatic carbocycles.